The van der Waals surface area contributed by atoms with Crippen molar-refractivity contribution in [2.75, 3.05) is 0 Å². The van der Waals surface area contributed by atoms with Crippen molar-refractivity contribution >= 4 is 23.0 Å². The summed E-state index contributed by atoms with van der Waals surface area (Å²) >= 11 is 1.23. The largest absolute Gasteiger partial charge is 0.425 e. The Kier molecular flexibility index (Phi) is 6.54. The first-order valence-corrected chi connectivity index (χ1v) is 7.44. The van der Waals surface area contributed by atoms with Crippen molar-refractivity contribution in [3.05, 3.63) is 0 Å². The molecule has 0 aromatic rings. The molecule has 4 nitrogen and oxygen atoms in total. The van der Waals surface area contributed by atoms with E-state index in [4.69, 9.17) is 9.47 Å². The van der Waals surface area contributed by atoms with Crippen LogP contribution in [0.5, 0.6) is 0 Å². The first-order chi connectivity index (χ1) is 8.49. The Bertz CT molecular complexity index is 285. The summed E-state index contributed by atoms with van der Waals surface area (Å²) in [6, 6.07) is 0. The van der Waals surface area contributed by atoms with Crippen LogP contribution in [0, 0.1) is 5.92 Å². The van der Waals surface area contributed by atoms with Gasteiger partial charge in [-0.05, 0) is 24.6 Å². The number of hydrogen-bond acceptors (Lipinski definition) is 5. The van der Waals surface area contributed by atoms with Crippen molar-refractivity contribution in [2.45, 2.75) is 64.4 Å². The minimum Gasteiger partial charge on any atom is -0.425 e. The molecule has 1 aliphatic carbocycles. The summed E-state index contributed by atoms with van der Waals surface area (Å²) < 4.78 is 10.0. The molecule has 0 amide bonds. The van der Waals surface area contributed by atoms with Crippen LogP contribution in [0.3, 0.4) is 0 Å². The maximum absolute atomic E-state index is 11.6. The molecule has 1 unspecified atom stereocenters. The van der Waals surface area contributed by atoms with Crippen molar-refractivity contribution < 1.29 is 19.1 Å². The van der Waals surface area contributed by atoms with E-state index in [0.29, 0.717) is 5.25 Å². The van der Waals surface area contributed by atoms with Crippen molar-refractivity contribution in [3.63, 3.8) is 0 Å². The summed E-state index contributed by atoms with van der Waals surface area (Å²) in [5, 5.41) is 0.0187. The molecule has 0 aromatic heterocycles. The van der Waals surface area contributed by atoms with E-state index in [1.165, 1.54) is 31.0 Å². The van der Waals surface area contributed by atoms with Gasteiger partial charge in [0.15, 0.2) is 0 Å². The Morgan fingerprint density at radius 2 is 1.67 bits per heavy atom. The lowest BCUT2D eigenvalue weighted by Gasteiger charge is -2.21. The fraction of sp³-hybridized carbons (Fsp3) is 0.846. The molecule has 18 heavy (non-hydrogen) atoms. The number of ether oxygens (including phenoxy) is 2. The van der Waals surface area contributed by atoms with E-state index < -0.39 is 6.29 Å². The average molecular weight is 274 g/mol. The fourth-order valence-corrected chi connectivity index (χ4v) is 2.84. The highest BCUT2D eigenvalue weighted by molar-refractivity contribution is 8.13. The summed E-state index contributed by atoms with van der Waals surface area (Å²) in [4.78, 5) is 22.9. The van der Waals surface area contributed by atoms with Crippen LogP contribution >= 0.6 is 11.8 Å². The zero-order chi connectivity index (χ0) is 13.5. The van der Waals surface area contributed by atoms with Gasteiger partial charge >= 0.3 is 11.3 Å². The Hall–Kier alpha value is -0.710. The maximum atomic E-state index is 11.6. The summed E-state index contributed by atoms with van der Waals surface area (Å²) in [5.41, 5.74) is 0. The van der Waals surface area contributed by atoms with Gasteiger partial charge in [0.2, 0.25) is 6.29 Å². The summed E-state index contributed by atoms with van der Waals surface area (Å²) in [6.45, 7) is 5.06. The van der Waals surface area contributed by atoms with Crippen LogP contribution in [-0.2, 0) is 14.3 Å². The lowest BCUT2D eigenvalue weighted by molar-refractivity contribution is -0.167. The van der Waals surface area contributed by atoms with Gasteiger partial charge in [0.05, 0.1) is 5.92 Å². The van der Waals surface area contributed by atoms with Crippen LogP contribution in [-0.4, -0.2) is 22.8 Å². The minimum atomic E-state index is -0.802. The van der Waals surface area contributed by atoms with Crippen molar-refractivity contribution in [2.24, 2.45) is 5.92 Å². The molecule has 1 atom stereocenters. The second-order valence-corrected chi connectivity index (χ2v) is 6.14. The van der Waals surface area contributed by atoms with Crippen LogP contribution in [0.4, 0.5) is 4.79 Å². The van der Waals surface area contributed by atoms with Crippen LogP contribution < -0.4 is 0 Å². The highest BCUT2D eigenvalue weighted by Gasteiger charge is 2.21. The Morgan fingerprint density at radius 3 is 2.22 bits per heavy atom. The predicted octanol–water partition coefficient (Wildman–Crippen LogP) is 3.73. The molecule has 104 valence electrons. The Morgan fingerprint density at radius 1 is 1.06 bits per heavy atom. The maximum Gasteiger partial charge on any atom is 0.370 e. The fourth-order valence-electron chi connectivity index (χ4n) is 1.81. The van der Waals surface area contributed by atoms with E-state index in [1.807, 2.05) is 0 Å². The van der Waals surface area contributed by atoms with Crippen LogP contribution in [0.2, 0.25) is 0 Å². The molecule has 0 saturated heterocycles. The quantitative estimate of drug-likeness (QED) is 0.577. The molecule has 1 aliphatic rings. The first-order valence-electron chi connectivity index (χ1n) is 6.56. The molecular weight excluding hydrogens is 252 g/mol. The molecule has 0 bridgehead atoms. The minimum absolute atomic E-state index is 0.211. The van der Waals surface area contributed by atoms with Gasteiger partial charge in [0, 0.05) is 12.2 Å². The number of carbonyl (C=O) groups excluding carboxylic acids is 2. The normalized spacial score (nSPS) is 18.4. The molecule has 1 fully saturated rings. The highest BCUT2D eigenvalue weighted by Crippen LogP contribution is 2.29. The summed E-state index contributed by atoms with van der Waals surface area (Å²) in [7, 11) is 0. The van der Waals surface area contributed by atoms with E-state index >= 15 is 0 Å². The second-order valence-electron chi connectivity index (χ2n) is 4.90. The lowest BCUT2D eigenvalue weighted by Crippen LogP contribution is -2.23. The van der Waals surface area contributed by atoms with Crippen molar-refractivity contribution in [3.8, 4) is 0 Å². The van der Waals surface area contributed by atoms with E-state index in [0.717, 1.165) is 12.8 Å². The van der Waals surface area contributed by atoms with Gasteiger partial charge in [-0.3, -0.25) is 4.79 Å². The predicted molar refractivity (Wildman–Crippen MR) is 71.3 cm³/mol. The van der Waals surface area contributed by atoms with Gasteiger partial charge in [-0.25, -0.2) is 4.79 Å². The molecule has 5 heteroatoms. The second kappa shape index (κ2) is 7.67. The zero-order valence-electron chi connectivity index (χ0n) is 11.3. The van der Waals surface area contributed by atoms with Crippen molar-refractivity contribution in [1.29, 1.82) is 0 Å². The third-order valence-electron chi connectivity index (χ3n) is 2.83. The topological polar surface area (TPSA) is 52.6 Å². The average Bonchev–Trinajstić information content (AvgIpc) is 2.29. The van der Waals surface area contributed by atoms with Gasteiger partial charge in [0.25, 0.3) is 0 Å². The summed E-state index contributed by atoms with van der Waals surface area (Å²) in [5.74, 6) is -0.560. The molecule has 0 N–H and O–H groups in total. The number of rotatable bonds is 4. The van der Waals surface area contributed by atoms with Crippen LogP contribution in [0.15, 0.2) is 0 Å². The molecule has 0 heterocycles. The van der Waals surface area contributed by atoms with Gasteiger partial charge < -0.3 is 9.47 Å². The molecule has 0 aliphatic heterocycles. The van der Waals surface area contributed by atoms with E-state index in [1.54, 1.807) is 20.8 Å². The van der Waals surface area contributed by atoms with Crippen LogP contribution in [0.25, 0.3) is 0 Å². The third-order valence-corrected chi connectivity index (χ3v) is 3.92. The SMILES string of the molecule is CC(OC(=O)SC1CCCCC1)OC(=O)C(C)C. The molecular formula is C13H22O4S. The first kappa shape index (κ1) is 15.3. The monoisotopic (exact) mass is 274 g/mol. The van der Waals surface area contributed by atoms with Gasteiger partial charge in [-0.2, -0.15) is 0 Å². The van der Waals surface area contributed by atoms with Crippen LogP contribution in [0.1, 0.15) is 52.9 Å². The van der Waals surface area contributed by atoms with Gasteiger partial charge in [0.1, 0.15) is 0 Å². The number of thioether (sulfide) groups is 1. The molecule has 1 rings (SSSR count). The van der Waals surface area contributed by atoms with Crippen molar-refractivity contribution in [1.82, 2.24) is 0 Å². The Balaban J connectivity index is 2.24. The lowest BCUT2D eigenvalue weighted by atomic mass is 10.0. The highest BCUT2D eigenvalue weighted by atomic mass is 32.2. The number of carbonyl (C=O) groups is 2. The van der Waals surface area contributed by atoms with E-state index in [-0.39, 0.29) is 17.2 Å². The summed E-state index contributed by atoms with van der Waals surface area (Å²) in [6.07, 6.45) is 4.96. The number of esters is 1. The molecule has 1 saturated carbocycles. The Labute approximate surface area is 113 Å². The third kappa shape index (κ3) is 5.76. The molecule has 0 aromatic carbocycles. The standard InChI is InChI=1S/C13H22O4S/c1-9(2)12(14)16-10(3)17-13(15)18-11-7-5-4-6-8-11/h9-11H,4-8H2,1-3H3. The number of hydrogen-bond donors (Lipinski definition) is 0. The smallest absolute Gasteiger partial charge is 0.370 e. The van der Waals surface area contributed by atoms with Gasteiger partial charge in [-0.15, -0.1) is 0 Å². The van der Waals surface area contributed by atoms with E-state index in [2.05, 4.69) is 0 Å². The molecule has 0 radical (unpaired) electrons. The zero-order valence-corrected chi connectivity index (χ0v) is 12.1. The van der Waals surface area contributed by atoms with Gasteiger partial charge in [-0.1, -0.05) is 33.1 Å². The molecule has 0 spiro atoms. The van der Waals surface area contributed by atoms with E-state index in [9.17, 15) is 9.59 Å².